The Balaban J connectivity index is 1.76. The lowest BCUT2D eigenvalue weighted by atomic mass is 10.1. The number of nitrogens with zero attached hydrogens (tertiary/aromatic N) is 4. The first-order chi connectivity index (χ1) is 10.1. The van der Waals surface area contributed by atoms with Gasteiger partial charge in [-0.25, -0.2) is 4.98 Å². The van der Waals surface area contributed by atoms with Gasteiger partial charge in [0, 0.05) is 31.2 Å². The summed E-state index contributed by atoms with van der Waals surface area (Å²) in [7, 11) is 1.85. The van der Waals surface area contributed by atoms with Gasteiger partial charge in [0.25, 0.3) is 0 Å². The molecule has 7 heteroatoms. The molecule has 1 unspecified atom stereocenters. The number of rotatable bonds is 3. The Kier molecular flexibility index (Phi) is 3.66. The lowest BCUT2D eigenvalue weighted by Gasteiger charge is -2.09. The summed E-state index contributed by atoms with van der Waals surface area (Å²) in [5.74, 6) is -0.258. The number of carbonyl (C=O) groups is 1. The highest BCUT2D eigenvalue weighted by molar-refractivity contribution is 7.19. The standard InChI is InChI=1S/C14H15N5OS/c1-9-13(18-12(20)11-7-16-19(2)8-11)21-14(17-9)10-4-3-5-15-6-10/h3-7,11H,8H2,1-2H3,(H,18,20). The van der Waals surface area contributed by atoms with Gasteiger partial charge in [-0.05, 0) is 19.1 Å². The number of pyridine rings is 1. The van der Waals surface area contributed by atoms with Crippen molar-refractivity contribution in [2.24, 2.45) is 11.0 Å². The zero-order chi connectivity index (χ0) is 14.8. The van der Waals surface area contributed by atoms with Crippen LogP contribution >= 0.6 is 11.3 Å². The number of hydrogen-bond donors (Lipinski definition) is 1. The third-order valence-electron chi connectivity index (χ3n) is 3.18. The molecule has 21 heavy (non-hydrogen) atoms. The molecule has 3 heterocycles. The van der Waals surface area contributed by atoms with Gasteiger partial charge in [-0.1, -0.05) is 11.3 Å². The molecule has 6 nitrogen and oxygen atoms in total. The number of hydrazone groups is 1. The fraction of sp³-hybridized carbons (Fsp3) is 0.286. The van der Waals surface area contributed by atoms with Gasteiger partial charge in [0.2, 0.25) is 5.91 Å². The van der Waals surface area contributed by atoms with E-state index < -0.39 is 0 Å². The van der Waals surface area contributed by atoms with Crippen LogP contribution in [0.3, 0.4) is 0 Å². The average molecular weight is 301 g/mol. The van der Waals surface area contributed by atoms with Crippen LogP contribution in [0, 0.1) is 12.8 Å². The minimum atomic E-state index is -0.210. The van der Waals surface area contributed by atoms with Crippen LogP contribution < -0.4 is 5.32 Å². The number of amides is 1. The molecule has 0 saturated heterocycles. The predicted molar refractivity (Wildman–Crippen MR) is 83.3 cm³/mol. The summed E-state index contributed by atoms with van der Waals surface area (Å²) < 4.78 is 0. The van der Waals surface area contributed by atoms with Crippen LogP contribution in [0.25, 0.3) is 10.6 Å². The molecule has 0 fully saturated rings. The van der Waals surface area contributed by atoms with Crippen molar-refractivity contribution in [3.8, 4) is 10.6 Å². The predicted octanol–water partition coefficient (Wildman–Crippen LogP) is 2.00. The van der Waals surface area contributed by atoms with Crippen LogP contribution in [-0.2, 0) is 4.79 Å². The summed E-state index contributed by atoms with van der Waals surface area (Å²) in [6.07, 6.45) is 5.17. The van der Waals surface area contributed by atoms with Crippen LogP contribution in [0.5, 0.6) is 0 Å². The Hall–Kier alpha value is -2.28. The maximum absolute atomic E-state index is 12.2. The molecule has 0 spiro atoms. The monoisotopic (exact) mass is 301 g/mol. The highest BCUT2D eigenvalue weighted by Gasteiger charge is 2.24. The van der Waals surface area contributed by atoms with E-state index in [1.54, 1.807) is 23.6 Å². The average Bonchev–Trinajstić information content (AvgIpc) is 3.07. The van der Waals surface area contributed by atoms with E-state index in [0.29, 0.717) is 6.54 Å². The van der Waals surface area contributed by atoms with E-state index in [1.807, 2.05) is 26.1 Å². The Labute approximate surface area is 126 Å². The van der Waals surface area contributed by atoms with Gasteiger partial charge in [-0.15, -0.1) is 0 Å². The maximum Gasteiger partial charge on any atom is 0.235 e. The molecule has 1 N–H and O–H groups in total. The maximum atomic E-state index is 12.2. The minimum absolute atomic E-state index is 0.0485. The van der Waals surface area contributed by atoms with Gasteiger partial charge >= 0.3 is 0 Å². The topological polar surface area (TPSA) is 70.5 Å². The van der Waals surface area contributed by atoms with Crippen LogP contribution in [0.4, 0.5) is 5.00 Å². The summed E-state index contributed by atoms with van der Waals surface area (Å²) in [5, 5.41) is 10.4. The molecule has 2 aromatic rings. The lowest BCUT2D eigenvalue weighted by Crippen LogP contribution is -2.27. The van der Waals surface area contributed by atoms with Crippen LogP contribution in [-0.4, -0.2) is 40.7 Å². The summed E-state index contributed by atoms with van der Waals surface area (Å²) in [6, 6.07) is 3.82. The molecule has 1 atom stereocenters. The number of hydrogen-bond acceptors (Lipinski definition) is 6. The SMILES string of the molecule is Cc1nc(-c2cccnc2)sc1NC(=O)C1C=NN(C)C1. The van der Waals surface area contributed by atoms with Crippen molar-refractivity contribution in [2.45, 2.75) is 6.92 Å². The van der Waals surface area contributed by atoms with Gasteiger partial charge in [-0.2, -0.15) is 5.10 Å². The van der Waals surface area contributed by atoms with Gasteiger partial charge < -0.3 is 5.32 Å². The number of nitrogens with one attached hydrogen (secondary N) is 1. The summed E-state index contributed by atoms with van der Waals surface area (Å²) >= 11 is 1.46. The number of carbonyl (C=O) groups excluding carboxylic acids is 1. The Bertz CT molecular complexity index is 682. The van der Waals surface area contributed by atoms with Gasteiger partial charge in [0.15, 0.2) is 0 Å². The van der Waals surface area contributed by atoms with E-state index in [-0.39, 0.29) is 11.8 Å². The molecule has 2 aromatic heterocycles. The third kappa shape index (κ3) is 2.92. The highest BCUT2D eigenvalue weighted by Crippen LogP contribution is 2.31. The molecular formula is C14H15N5OS. The van der Waals surface area contributed by atoms with Crippen molar-refractivity contribution in [3.63, 3.8) is 0 Å². The first-order valence-corrected chi connectivity index (χ1v) is 7.39. The van der Waals surface area contributed by atoms with E-state index in [0.717, 1.165) is 21.3 Å². The number of thiazole rings is 1. The molecule has 108 valence electrons. The molecule has 0 bridgehead atoms. The van der Waals surface area contributed by atoms with Crippen LogP contribution in [0.2, 0.25) is 0 Å². The zero-order valence-electron chi connectivity index (χ0n) is 11.8. The molecule has 1 aliphatic rings. The van der Waals surface area contributed by atoms with Gasteiger partial charge in [0.1, 0.15) is 10.0 Å². The van der Waals surface area contributed by atoms with Crippen molar-refractivity contribution in [3.05, 3.63) is 30.2 Å². The molecule has 0 saturated carbocycles. The molecular weight excluding hydrogens is 286 g/mol. The van der Waals surface area contributed by atoms with Crippen LogP contribution in [0.15, 0.2) is 29.6 Å². The number of aryl methyl sites for hydroxylation is 1. The van der Waals surface area contributed by atoms with E-state index in [2.05, 4.69) is 20.4 Å². The first-order valence-electron chi connectivity index (χ1n) is 6.57. The minimum Gasteiger partial charge on any atom is -0.316 e. The van der Waals surface area contributed by atoms with Crippen molar-refractivity contribution < 1.29 is 4.79 Å². The Morgan fingerprint density at radius 2 is 2.38 bits per heavy atom. The second-order valence-electron chi connectivity index (χ2n) is 4.88. The van der Waals surface area contributed by atoms with Crippen molar-refractivity contribution in [2.75, 3.05) is 18.9 Å². The molecule has 1 aliphatic heterocycles. The third-order valence-corrected chi connectivity index (χ3v) is 4.31. The van der Waals surface area contributed by atoms with Gasteiger partial charge in [0.05, 0.1) is 18.2 Å². The van der Waals surface area contributed by atoms with Crippen molar-refractivity contribution in [1.82, 2.24) is 15.0 Å². The lowest BCUT2D eigenvalue weighted by molar-refractivity contribution is -0.117. The quantitative estimate of drug-likeness (QED) is 0.941. The first kappa shape index (κ1) is 13.7. The van der Waals surface area contributed by atoms with E-state index in [9.17, 15) is 4.79 Å². The number of anilines is 1. The van der Waals surface area contributed by atoms with E-state index in [4.69, 9.17) is 0 Å². The molecule has 0 aromatic carbocycles. The van der Waals surface area contributed by atoms with E-state index >= 15 is 0 Å². The van der Waals surface area contributed by atoms with Gasteiger partial charge in [-0.3, -0.25) is 14.8 Å². The van der Waals surface area contributed by atoms with E-state index in [1.165, 1.54) is 11.3 Å². The Morgan fingerprint density at radius 3 is 3.05 bits per heavy atom. The second-order valence-corrected chi connectivity index (χ2v) is 5.87. The fourth-order valence-electron chi connectivity index (χ4n) is 2.05. The summed E-state index contributed by atoms with van der Waals surface area (Å²) in [6.45, 7) is 2.50. The summed E-state index contributed by atoms with van der Waals surface area (Å²) in [5.41, 5.74) is 1.77. The molecule has 0 radical (unpaired) electrons. The Morgan fingerprint density at radius 1 is 1.52 bits per heavy atom. The zero-order valence-corrected chi connectivity index (χ0v) is 12.6. The largest absolute Gasteiger partial charge is 0.316 e. The normalized spacial score (nSPS) is 17.2. The highest BCUT2D eigenvalue weighted by atomic mass is 32.1. The summed E-state index contributed by atoms with van der Waals surface area (Å²) in [4.78, 5) is 20.8. The molecule has 3 rings (SSSR count). The second kappa shape index (κ2) is 5.61. The van der Waals surface area contributed by atoms with Crippen molar-refractivity contribution in [1.29, 1.82) is 0 Å². The smallest absolute Gasteiger partial charge is 0.235 e. The van der Waals surface area contributed by atoms with Crippen LogP contribution in [0.1, 0.15) is 5.69 Å². The number of aromatic nitrogens is 2. The van der Waals surface area contributed by atoms with Crippen molar-refractivity contribution >= 4 is 28.5 Å². The molecule has 0 aliphatic carbocycles. The fourth-order valence-corrected chi connectivity index (χ4v) is 3.01. The molecule has 1 amide bonds.